The first kappa shape index (κ1) is 10.6. The second-order valence-corrected chi connectivity index (χ2v) is 3.84. The lowest BCUT2D eigenvalue weighted by atomic mass is 10.0. The number of benzene rings is 1. The lowest BCUT2D eigenvalue weighted by Gasteiger charge is -2.04. The van der Waals surface area contributed by atoms with E-state index in [1.54, 1.807) is 0 Å². The van der Waals surface area contributed by atoms with Gasteiger partial charge in [0, 0.05) is 5.56 Å². The molecule has 2 rings (SSSR count). The van der Waals surface area contributed by atoms with Crippen molar-refractivity contribution in [1.82, 2.24) is 0 Å². The number of rotatable bonds is 0. The molecule has 0 saturated carbocycles. The van der Waals surface area contributed by atoms with E-state index in [1.165, 1.54) is 24.8 Å². The molecule has 1 aromatic carbocycles. The fourth-order valence-electron chi connectivity index (χ4n) is 1.69. The second-order valence-electron chi connectivity index (χ2n) is 3.84. The van der Waals surface area contributed by atoms with Crippen LogP contribution in [0, 0.1) is 23.7 Å². The van der Waals surface area contributed by atoms with Crippen LogP contribution in [0.1, 0.15) is 31.2 Å². The van der Waals surface area contributed by atoms with Crippen molar-refractivity contribution < 1.29 is 0 Å². The van der Waals surface area contributed by atoms with Crippen LogP contribution in [0.15, 0.2) is 42.0 Å². The van der Waals surface area contributed by atoms with Crippen LogP contribution < -0.4 is 0 Å². The summed E-state index contributed by atoms with van der Waals surface area (Å²) < 4.78 is 0. The molecule has 0 heterocycles. The maximum atomic E-state index is 3.13. The fourth-order valence-corrected chi connectivity index (χ4v) is 1.69. The Morgan fingerprint density at radius 3 is 2.44 bits per heavy atom. The van der Waals surface area contributed by atoms with Gasteiger partial charge in [0.25, 0.3) is 0 Å². The highest BCUT2D eigenvalue weighted by atomic mass is 14.0. The summed E-state index contributed by atoms with van der Waals surface area (Å²) >= 11 is 0. The van der Waals surface area contributed by atoms with Gasteiger partial charge in [0.15, 0.2) is 0 Å². The van der Waals surface area contributed by atoms with Crippen LogP contribution >= 0.6 is 0 Å². The molecule has 1 aliphatic rings. The summed E-state index contributed by atoms with van der Waals surface area (Å²) in [5.41, 5.74) is 2.28. The third-order valence-corrected chi connectivity index (χ3v) is 2.56. The minimum Gasteiger partial charge on any atom is -0.0729 e. The summed E-state index contributed by atoms with van der Waals surface area (Å²) in [6.07, 6.45) is 7.12. The Morgan fingerprint density at radius 2 is 1.69 bits per heavy atom. The molecule has 0 N–H and O–H groups in total. The Balaban J connectivity index is 2.00. The molecular weight excluding hydrogens is 192 g/mol. The zero-order valence-electron chi connectivity index (χ0n) is 9.29. The van der Waals surface area contributed by atoms with Gasteiger partial charge in [-0.2, -0.15) is 0 Å². The zero-order chi connectivity index (χ0) is 11.1. The lowest BCUT2D eigenvalue weighted by molar-refractivity contribution is 0.715. The zero-order valence-corrected chi connectivity index (χ0v) is 9.29. The molecule has 0 aliphatic heterocycles. The molecule has 78 valence electrons. The van der Waals surface area contributed by atoms with Crippen LogP contribution in [0.25, 0.3) is 0 Å². The van der Waals surface area contributed by atoms with Gasteiger partial charge in [0.1, 0.15) is 0 Å². The van der Waals surface area contributed by atoms with Crippen molar-refractivity contribution in [1.29, 1.82) is 0 Å². The van der Waals surface area contributed by atoms with Crippen molar-refractivity contribution in [3.8, 4) is 23.7 Å². The van der Waals surface area contributed by atoms with E-state index in [0.29, 0.717) is 0 Å². The van der Waals surface area contributed by atoms with E-state index in [0.717, 1.165) is 12.0 Å². The Hall–Kier alpha value is -1.92. The molecule has 0 nitrogen and oxygen atoms in total. The summed E-state index contributed by atoms with van der Waals surface area (Å²) in [6, 6.07) is 9.95. The van der Waals surface area contributed by atoms with Gasteiger partial charge in [-0.25, -0.2) is 0 Å². The van der Waals surface area contributed by atoms with Crippen molar-refractivity contribution in [3.05, 3.63) is 47.5 Å². The van der Waals surface area contributed by atoms with Crippen LogP contribution in [0.2, 0.25) is 0 Å². The Labute approximate surface area is 97.4 Å². The first-order valence-electron chi connectivity index (χ1n) is 5.71. The number of hydrogen-bond acceptors (Lipinski definition) is 0. The van der Waals surface area contributed by atoms with Gasteiger partial charge in [-0.05, 0) is 55.2 Å². The Kier molecular flexibility index (Phi) is 3.87. The van der Waals surface area contributed by atoms with E-state index < -0.39 is 0 Å². The normalized spacial score (nSPS) is 13.9. The van der Waals surface area contributed by atoms with Gasteiger partial charge in [-0.1, -0.05) is 36.1 Å². The summed E-state index contributed by atoms with van der Waals surface area (Å²) in [5.74, 6) is 12.0. The number of allylic oxidation sites excluding steroid dienone is 2. The SMILES string of the molecule is C(C#Cc1ccccc1)#CC1=CCCCC1. The predicted molar refractivity (Wildman–Crippen MR) is 67.6 cm³/mol. The van der Waals surface area contributed by atoms with Crippen LogP contribution in [0.4, 0.5) is 0 Å². The van der Waals surface area contributed by atoms with E-state index in [4.69, 9.17) is 0 Å². The van der Waals surface area contributed by atoms with Gasteiger partial charge in [0.2, 0.25) is 0 Å². The minimum atomic E-state index is 1.02. The van der Waals surface area contributed by atoms with E-state index in [-0.39, 0.29) is 0 Å². The quantitative estimate of drug-likeness (QED) is 0.569. The van der Waals surface area contributed by atoms with Crippen molar-refractivity contribution in [3.63, 3.8) is 0 Å². The van der Waals surface area contributed by atoms with Crippen molar-refractivity contribution in [2.75, 3.05) is 0 Å². The molecule has 0 unspecified atom stereocenters. The van der Waals surface area contributed by atoms with Crippen molar-refractivity contribution in [2.24, 2.45) is 0 Å². The largest absolute Gasteiger partial charge is 0.0729 e. The molecule has 0 heteroatoms. The lowest BCUT2D eigenvalue weighted by Crippen LogP contribution is -1.88. The maximum absolute atomic E-state index is 3.13. The Bertz CT molecular complexity index is 484. The molecule has 16 heavy (non-hydrogen) atoms. The standard InChI is InChI=1S/C16H14/c1-3-9-15(10-4-1)13-7-8-14-16-11-5-2-6-12-16/h1,3-4,9-11H,2,5-6,12H2. The third kappa shape index (κ3) is 3.34. The van der Waals surface area contributed by atoms with E-state index in [2.05, 4.69) is 29.8 Å². The van der Waals surface area contributed by atoms with Crippen molar-refractivity contribution >= 4 is 0 Å². The second kappa shape index (κ2) is 5.84. The van der Waals surface area contributed by atoms with E-state index in [1.807, 2.05) is 30.3 Å². The monoisotopic (exact) mass is 206 g/mol. The molecule has 0 spiro atoms. The maximum Gasteiger partial charge on any atom is 0.0255 e. The number of hydrogen-bond donors (Lipinski definition) is 0. The minimum absolute atomic E-state index is 1.02. The molecule has 0 radical (unpaired) electrons. The van der Waals surface area contributed by atoms with Gasteiger partial charge in [0.05, 0.1) is 0 Å². The highest BCUT2D eigenvalue weighted by molar-refractivity contribution is 5.43. The highest BCUT2D eigenvalue weighted by Crippen LogP contribution is 2.15. The van der Waals surface area contributed by atoms with Crippen LogP contribution in [0.5, 0.6) is 0 Å². The van der Waals surface area contributed by atoms with Gasteiger partial charge in [-0.15, -0.1) is 0 Å². The molecule has 0 atom stereocenters. The summed E-state index contributed by atoms with van der Waals surface area (Å²) in [6.45, 7) is 0. The van der Waals surface area contributed by atoms with Crippen LogP contribution in [-0.2, 0) is 0 Å². The topological polar surface area (TPSA) is 0 Å². The smallest absolute Gasteiger partial charge is 0.0255 e. The first-order valence-corrected chi connectivity index (χ1v) is 5.71. The summed E-state index contributed by atoms with van der Waals surface area (Å²) in [5, 5.41) is 0. The molecular formula is C16H14. The molecule has 1 aliphatic carbocycles. The van der Waals surface area contributed by atoms with E-state index >= 15 is 0 Å². The summed E-state index contributed by atoms with van der Waals surface area (Å²) in [4.78, 5) is 0. The molecule has 0 bridgehead atoms. The van der Waals surface area contributed by atoms with Crippen LogP contribution in [0.3, 0.4) is 0 Å². The van der Waals surface area contributed by atoms with Gasteiger partial charge in [-0.3, -0.25) is 0 Å². The van der Waals surface area contributed by atoms with Crippen LogP contribution in [-0.4, -0.2) is 0 Å². The molecule has 0 amide bonds. The predicted octanol–water partition coefficient (Wildman–Crippen LogP) is 3.54. The Morgan fingerprint density at radius 1 is 0.875 bits per heavy atom. The summed E-state index contributed by atoms with van der Waals surface area (Å²) in [7, 11) is 0. The average molecular weight is 206 g/mol. The molecule has 0 fully saturated rings. The molecule has 1 aromatic rings. The average Bonchev–Trinajstić information content (AvgIpc) is 2.37. The molecule has 0 aromatic heterocycles. The fraction of sp³-hybridized carbons (Fsp3) is 0.250. The van der Waals surface area contributed by atoms with Gasteiger partial charge >= 0.3 is 0 Å². The van der Waals surface area contributed by atoms with Gasteiger partial charge < -0.3 is 0 Å². The van der Waals surface area contributed by atoms with Crippen molar-refractivity contribution in [2.45, 2.75) is 25.7 Å². The first-order chi connectivity index (χ1) is 7.95. The van der Waals surface area contributed by atoms with E-state index in [9.17, 15) is 0 Å². The highest BCUT2D eigenvalue weighted by Gasteiger charge is 1.98. The molecule has 0 saturated heterocycles. The third-order valence-electron chi connectivity index (χ3n) is 2.56.